The van der Waals surface area contributed by atoms with Crippen LogP contribution in [0.25, 0.3) is 0 Å². The summed E-state index contributed by atoms with van der Waals surface area (Å²) >= 11 is 7.97. The molecule has 2 heterocycles. The summed E-state index contributed by atoms with van der Waals surface area (Å²) in [6, 6.07) is 7.14. The molecule has 7 heteroatoms. The second-order valence-electron chi connectivity index (χ2n) is 6.26. The number of hydrogen-bond acceptors (Lipinski definition) is 4. The Morgan fingerprint density at radius 2 is 2.23 bits per heavy atom. The van der Waals surface area contributed by atoms with Gasteiger partial charge in [-0.25, -0.2) is 4.98 Å². The van der Waals surface area contributed by atoms with Crippen molar-refractivity contribution in [3.05, 3.63) is 51.4 Å². The maximum absolute atomic E-state index is 12.9. The van der Waals surface area contributed by atoms with Crippen LogP contribution in [0.1, 0.15) is 36.4 Å². The first kappa shape index (κ1) is 18.9. The molecule has 3 rings (SSSR count). The second kappa shape index (κ2) is 8.64. The molecule has 1 aromatic carbocycles. The average Bonchev–Trinajstić information content (AvgIpc) is 3.15. The molecule has 0 radical (unpaired) electrons. The fourth-order valence-electron chi connectivity index (χ4n) is 3.50. The number of piperidine rings is 1. The summed E-state index contributed by atoms with van der Waals surface area (Å²) in [6.45, 7) is 3.03. The van der Waals surface area contributed by atoms with E-state index in [1.807, 2.05) is 30.5 Å². The quantitative estimate of drug-likeness (QED) is 0.820. The minimum atomic E-state index is -0.324. The third-order valence-electron chi connectivity index (χ3n) is 4.73. The van der Waals surface area contributed by atoms with E-state index in [0.29, 0.717) is 37.4 Å². The molecule has 1 saturated heterocycles. The highest BCUT2D eigenvalue weighted by Crippen LogP contribution is 2.39. The van der Waals surface area contributed by atoms with Crippen LogP contribution in [0.5, 0.6) is 0 Å². The topological polar surface area (TPSA) is 62.3 Å². The highest BCUT2D eigenvalue weighted by molar-refractivity contribution is 7.09. The number of halogens is 1. The van der Waals surface area contributed by atoms with Crippen LogP contribution in [0.3, 0.4) is 0 Å². The van der Waals surface area contributed by atoms with E-state index in [2.05, 4.69) is 10.3 Å². The standard InChI is InChI=1S/C19H22ClN3O2S/c1-2-23-17(24)8-7-14(18(23)13-5-3-4-6-15(13)20)19(25)22-10-9-16-21-11-12-26-16/h3-6,11-12,14,18H,2,7-10H2,1H3,(H,22,25)/t14-,18+/m1/s1. The zero-order valence-electron chi connectivity index (χ0n) is 14.7. The lowest BCUT2D eigenvalue weighted by Gasteiger charge is -2.40. The van der Waals surface area contributed by atoms with E-state index in [1.165, 1.54) is 0 Å². The van der Waals surface area contributed by atoms with Crippen LogP contribution in [0.4, 0.5) is 0 Å². The number of thiazole rings is 1. The molecule has 138 valence electrons. The van der Waals surface area contributed by atoms with E-state index in [4.69, 9.17) is 11.6 Å². The Kier molecular flexibility index (Phi) is 6.27. The maximum Gasteiger partial charge on any atom is 0.225 e. The average molecular weight is 392 g/mol. The van der Waals surface area contributed by atoms with Crippen LogP contribution in [-0.4, -0.2) is 34.8 Å². The number of aromatic nitrogens is 1. The van der Waals surface area contributed by atoms with Gasteiger partial charge in [0.25, 0.3) is 0 Å². The largest absolute Gasteiger partial charge is 0.355 e. The number of hydrogen-bond donors (Lipinski definition) is 1. The zero-order chi connectivity index (χ0) is 18.5. The van der Waals surface area contributed by atoms with E-state index in [1.54, 1.807) is 28.5 Å². The molecule has 1 aliphatic rings. The van der Waals surface area contributed by atoms with Crippen LogP contribution < -0.4 is 5.32 Å². The maximum atomic E-state index is 12.9. The van der Waals surface area contributed by atoms with E-state index in [0.717, 1.165) is 10.6 Å². The van der Waals surface area contributed by atoms with Crippen molar-refractivity contribution in [2.45, 2.75) is 32.2 Å². The zero-order valence-corrected chi connectivity index (χ0v) is 16.2. The second-order valence-corrected chi connectivity index (χ2v) is 7.64. The highest BCUT2D eigenvalue weighted by Gasteiger charge is 2.40. The number of carbonyl (C=O) groups is 2. The van der Waals surface area contributed by atoms with Crippen molar-refractivity contribution >= 4 is 34.8 Å². The normalized spacial score (nSPS) is 20.2. The Hall–Kier alpha value is -1.92. The van der Waals surface area contributed by atoms with E-state index < -0.39 is 0 Å². The monoisotopic (exact) mass is 391 g/mol. The number of nitrogens with one attached hydrogen (secondary N) is 1. The van der Waals surface area contributed by atoms with Crippen molar-refractivity contribution in [1.82, 2.24) is 15.2 Å². The number of nitrogens with zero attached hydrogens (tertiary/aromatic N) is 2. The Balaban J connectivity index is 1.77. The first-order valence-electron chi connectivity index (χ1n) is 8.81. The molecule has 2 amide bonds. The molecule has 0 saturated carbocycles. The van der Waals surface area contributed by atoms with Crippen LogP contribution in [0, 0.1) is 5.92 Å². The Labute approximate surface area is 162 Å². The predicted octanol–water partition coefficient (Wildman–Crippen LogP) is 3.46. The summed E-state index contributed by atoms with van der Waals surface area (Å²) in [5.74, 6) is -0.259. The van der Waals surface area contributed by atoms with Crippen molar-refractivity contribution in [1.29, 1.82) is 0 Å². The molecule has 2 aromatic rings. The van der Waals surface area contributed by atoms with Crippen LogP contribution in [0.2, 0.25) is 5.02 Å². The fourth-order valence-corrected chi connectivity index (χ4v) is 4.37. The number of amides is 2. The molecule has 1 fully saturated rings. The summed E-state index contributed by atoms with van der Waals surface area (Å²) in [7, 11) is 0. The molecule has 2 atom stereocenters. The van der Waals surface area contributed by atoms with Crippen LogP contribution in [-0.2, 0) is 16.0 Å². The molecule has 5 nitrogen and oxygen atoms in total. The molecule has 26 heavy (non-hydrogen) atoms. The van der Waals surface area contributed by atoms with Gasteiger partial charge in [0, 0.05) is 42.5 Å². The number of carbonyl (C=O) groups excluding carboxylic acids is 2. The van der Waals surface area contributed by atoms with Crippen LogP contribution >= 0.6 is 22.9 Å². The van der Waals surface area contributed by atoms with E-state index >= 15 is 0 Å². The third-order valence-corrected chi connectivity index (χ3v) is 5.91. The van der Waals surface area contributed by atoms with Gasteiger partial charge in [0.15, 0.2) is 0 Å². The van der Waals surface area contributed by atoms with Crippen molar-refractivity contribution in [3.63, 3.8) is 0 Å². The smallest absolute Gasteiger partial charge is 0.225 e. The van der Waals surface area contributed by atoms with Gasteiger partial charge in [-0.15, -0.1) is 11.3 Å². The summed E-state index contributed by atoms with van der Waals surface area (Å²) in [5.41, 5.74) is 0.837. The van der Waals surface area contributed by atoms with Gasteiger partial charge < -0.3 is 10.2 Å². The third kappa shape index (κ3) is 4.07. The molecule has 1 aliphatic heterocycles. The Bertz CT molecular complexity index is 766. The Morgan fingerprint density at radius 3 is 2.92 bits per heavy atom. The Morgan fingerprint density at radius 1 is 1.42 bits per heavy atom. The van der Waals surface area contributed by atoms with Gasteiger partial charge in [0.1, 0.15) is 0 Å². The van der Waals surface area contributed by atoms with Gasteiger partial charge in [0.2, 0.25) is 11.8 Å². The summed E-state index contributed by atoms with van der Waals surface area (Å²) in [4.78, 5) is 31.3. The number of benzene rings is 1. The van der Waals surface area contributed by atoms with Crippen molar-refractivity contribution in [2.75, 3.05) is 13.1 Å². The van der Waals surface area contributed by atoms with Gasteiger partial charge in [-0.1, -0.05) is 29.8 Å². The molecule has 0 unspecified atom stereocenters. The van der Waals surface area contributed by atoms with Gasteiger partial charge in [0.05, 0.1) is 17.0 Å². The number of rotatable bonds is 6. The molecule has 0 spiro atoms. The minimum absolute atomic E-state index is 0.0302. The molecule has 1 N–H and O–H groups in total. The lowest BCUT2D eigenvalue weighted by atomic mass is 9.83. The van der Waals surface area contributed by atoms with E-state index in [-0.39, 0.29) is 23.8 Å². The van der Waals surface area contributed by atoms with Crippen molar-refractivity contribution in [2.24, 2.45) is 5.92 Å². The van der Waals surface area contributed by atoms with Gasteiger partial charge in [-0.05, 0) is 25.0 Å². The molecule has 0 bridgehead atoms. The molecular weight excluding hydrogens is 370 g/mol. The van der Waals surface area contributed by atoms with E-state index in [9.17, 15) is 9.59 Å². The summed E-state index contributed by atoms with van der Waals surface area (Å²) in [6.07, 6.45) is 3.40. The molecule has 0 aliphatic carbocycles. The predicted molar refractivity (Wildman–Crippen MR) is 103 cm³/mol. The minimum Gasteiger partial charge on any atom is -0.355 e. The first-order valence-corrected chi connectivity index (χ1v) is 10.1. The fraction of sp³-hybridized carbons (Fsp3) is 0.421. The van der Waals surface area contributed by atoms with Gasteiger partial charge in [-0.3, -0.25) is 9.59 Å². The van der Waals surface area contributed by atoms with Crippen molar-refractivity contribution in [3.8, 4) is 0 Å². The lowest BCUT2D eigenvalue weighted by Crippen LogP contribution is -2.48. The molecule has 1 aromatic heterocycles. The van der Waals surface area contributed by atoms with Gasteiger partial charge in [-0.2, -0.15) is 0 Å². The SMILES string of the molecule is CCN1C(=O)CC[C@@H](C(=O)NCCc2nccs2)[C@@H]1c1ccccc1Cl. The molecular formula is C19H22ClN3O2S. The lowest BCUT2D eigenvalue weighted by molar-refractivity contribution is -0.143. The highest BCUT2D eigenvalue weighted by atomic mass is 35.5. The van der Waals surface area contributed by atoms with Gasteiger partial charge >= 0.3 is 0 Å². The summed E-state index contributed by atoms with van der Waals surface area (Å²) in [5, 5.41) is 6.53. The van der Waals surface area contributed by atoms with Crippen molar-refractivity contribution < 1.29 is 9.59 Å². The number of likely N-dealkylation sites (tertiary alicyclic amines) is 1. The first-order chi connectivity index (χ1) is 12.6. The van der Waals surface area contributed by atoms with Crippen LogP contribution in [0.15, 0.2) is 35.8 Å². The summed E-state index contributed by atoms with van der Waals surface area (Å²) < 4.78 is 0.